The molecule has 1 saturated carbocycles. The molecule has 1 aromatic carbocycles. The quantitative estimate of drug-likeness (QED) is 0.480. The van der Waals surface area contributed by atoms with Crippen molar-refractivity contribution in [1.29, 1.82) is 0 Å². The first-order chi connectivity index (χ1) is 7.88. The van der Waals surface area contributed by atoms with Crippen molar-refractivity contribution in [1.82, 2.24) is 0 Å². The predicted octanol–water partition coefficient (Wildman–Crippen LogP) is 3.11. The molecular weight excluding hydrogens is 351 g/mol. The van der Waals surface area contributed by atoms with E-state index in [1.165, 1.54) is 0 Å². The molecule has 1 aliphatic rings. The number of halogens is 3. The average Bonchev–Trinajstić information content (AvgIpc) is 2.79. The van der Waals surface area contributed by atoms with Crippen LogP contribution in [0.2, 0.25) is 0 Å². The first-order valence-corrected chi connectivity index (χ1v) is 5.44. The van der Waals surface area contributed by atoms with Crippen LogP contribution in [0.15, 0.2) is 23.2 Å². The summed E-state index contributed by atoms with van der Waals surface area (Å²) in [7, 11) is 0. The topological polar surface area (TPSA) is 50.4 Å². The van der Waals surface area contributed by atoms with Crippen molar-refractivity contribution in [3.8, 4) is 0 Å². The minimum absolute atomic E-state index is 0. The number of guanidine groups is 1. The fraction of sp³-hybridized carbons (Fsp3) is 0.417. The third kappa shape index (κ3) is 3.54. The minimum Gasteiger partial charge on any atom is -0.370 e. The third-order valence-electron chi connectivity index (χ3n) is 2.95. The van der Waals surface area contributed by atoms with Gasteiger partial charge in [0.05, 0.1) is 11.7 Å². The summed E-state index contributed by atoms with van der Waals surface area (Å²) in [4.78, 5) is 4.20. The number of nitrogens with one attached hydrogen (secondary N) is 1. The third-order valence-corrected chi connectivity index (χ3v) is 2.95. The van der Waals surface area contributed by atoms with Crippen LogP contribution >= 0.6 is 24.0 Å². The molecule has 18 heavy (non-hydrogen) atoms. The van der Waals surface area contributed by atoms with Gasteiger partial charge in [-0.25, -0.2) is 13.8 Å². The molecule has 0 amide bonds. The molecule has 3 N–H and O–H groups in total. The van der Waals surface area contributed by atoms with Crippen LogP contribution in [-0.2, 0) is 0 Å². The van der Waals surface area contributed by atoms with Gasteiger partial charge in [0, 0.05) is 6.07 Å². The van der Waals surface area contributed by atoms with Crippen molar-refractivity contribution in [3.63, 3.8) is 0 Å². The molecule has 6 heteroatoms. The molecule has 0 aliphatic heterocycles. The largest absolute Gasteiger partial charge is 0.370 e. The second-order valence-corrected chi connectivity index (χ2v) is 4.97. The van der Waals surface area contributed by atoms with Crippen LogP contribution in [0, 0.1) is 17.0 Å². The highest BCUT2D eigenvalue weighted by Gasteiger charge is 2.45. The van der Waals surface area contributed by atoms with Gasteiger partial charge in [-0.3, -0.25) is 0 Å². The van der Waals surface area contributed by atoms with Gasteiger partial charge >= 0.3 is 0 Å². The Hall–Kier alpha value is -0.920. The number of nitrogens with two attached hydrogens (primary N) is 1. The molecule has 2 rings (SSSR count). The molecule has 0 bridgehead atoms. The van der Waals surface area contributed by atoms with Crippen LogP contribution in [0.5, 0.6) is 0 Å². The minimum atomic E-state index is -0.556. The fourth-order valence-electron chi connectivity index (χ4n) is 1.59. The SMILES string of the molecule is CC1(C)CC1N=C(N)Nc1cc(F)ccc1F.I. The number of nitrogens with zero attached hydrogens (tertiary/aromatic N) is 1. The second-order valence-electron chi connectivity index (χ2n) is 4.97. The molecule has 0 radical (unpaired) electrons. The summed E-state index contributed by atoms with van der Waals surface area (Å²) in [6.07, 6.45) is 0.959. The standard InChI is InChI=1S/C12H15F2N3.HI/c1-12(2)6-10(12)17-11(15)16-9-5-7(13)3-4-8(9)14;/h3-5,10H,6H2,1-2H3,(H3,15,16,17);1H. The molecule has 1 atom stereocenters. The summed E-state index contributed by atoms with van der Waals surface area (Å²) in [5, 5.41) is 2.57. The van der Waals surface area contributed by atoms with Crippen molar-refractivity contribution in [2.24, 2.45) is 16.1 Å². The molecule has 3 nitrogen and oxygen atoms in total. The number of anilines is 1. The van der Waals surface area contributed by atoms with Crippen LogP contribution in [0.25, 0.3) is 0 Å². The van der Waals surface area contributed by atoms with E-state index in [1.54, 1.807) is 0 Å². The molecule has 1 unspecified atom stereocenters. The molecule has 1 aromatic rings. The van der Waals surface area contributed by atoms with E-state index in [1.807, 2.05) is 0 Å². The van der Waals surface area contributed by atoms with E-state index in [9.17, 15) is 8.78 Å². The Labute approximate surface area is 122 Å². The molecule has 0 saturated heterocycles. The maximum absolute atomic E-state index is 13.3. The van der Waals surface area contributed by atoms with Gasteiger partial charge in [0.2, 0.25) is 0 Å². The van der Waals surface area contributed by atoms with Crippen molar-refractivity contribution in [2.45, 2.75) is 26.3 Å². The summed E-state index contributed by atoms with van der Waals surface area (Å²) in [6, 6.07) is 3.31. The molecule has 0 heterocycles. The van der Waals surface area contributed by atoms with Gasteiger partial charge in [-0.15, -0.1) is 24.0 Å². The predicted molar refractivity (Wildman–Crippen MR) is 79.2 cm³/mol. The lowest BCUT2D eigenvalue weighted by atomic mass is 10.2. The first kappa shape index (κ1) is 15.1. The molecule has 0 aromatic heterocycles. The van der Waals surface area contributed by atoms with E-state index >= 15 is 0 Å². The Balaban J connectivity index is 0.00000162. The number of rotatable bonds is 2. The van der Waals surface area contributed by atoms with Crippen LogP contribution in [0.4, 0.5) is 14.5 Å². The van der Waals surface area contributed by atoms with Gasteiger partial charge in [0.25, 0.3) is 0 Å². The molecular formula is C12H16F2IN3. The summed E-state index contributed by atoms with van der Waals surface area (Å²) >= 11 is 0. The van der Waals surface area contributed by atoms with Crippen molar-refractivity contribution < 1.29 is 8.78 Å². The van der Waals surface area contributed by atoms with E-state index in [4.69, 9.17) is 5.73 Å². The van der Waals surface area contributed by atoms with Crippen LogP contribution in [0.1, 0.15) is 20.3 Å². The number of hydrogen-bond acceptors (Lipinski definition) is 1. The monoisotopic (exact) mass is 367 g/mol. The Kier molecular flexibility index (Phi) is 4.52. The first-order valence-electron chi connectivity index (χ1n) is 5.44. The van der Waals surface area contributed by atoms with Gasteiger partial charge in [-0.1, -0.05) is 13.8 Å². The summed E-state index contributed by atoms with van der Waals surface area (Å²) in [5.74, 6) is -0.960. The Morgan fingerprint density at radius 2 is 2.06 bits per heavy atom. The van der Waals surface area contributed by atoms with E-state index in [-0.39, 0.29) is 47.1 Å². The van der Waals surface area contributed by atoms with Crippen LogP contribution in [-0.4, -0.2) is 12.0 Å². The van der Waals surface area contributed by atoms with Crippen LogP contribution in [0.3, 0.4) is 0 Å². The van der Waals surface area contributed by atoms with Gasteiger partial charge < -0.3 is 11.1 Å². The van der Waals surface area contributed by atoms with E-state index in [2.05, 4.69) is 24.2 Å². The molecule has 1 fully saturated rings. The molecule has 100 valence electrons. The van der Waals surface area contributed by atoms with Crippen molar-refractivity contribution in [2.75, 3.05) is 5.32 Å². The maximum atomic E-state index is 13.3. The summed E-state index contributed by atoms with van der Waals surface area (Å²) in [5.41, 5.74) is 5.80. The molecule has 0 spiro atoms. The number of aliphatic imine (C=N–C) groups is 1. The smallest absolute Gasteiger partial charge is 0.193 e. The highest BCUT2D eigenvalue weighted by Crippen LogP contribution is 2.47. The van der Waals surface area contributed by atoms with E-state index in [0.717, 1.165) is 24.6 Å². The normalized spacial score (nSPS) is 21.1. The van der Waals surface area contributed by atoms with Crippen molar-refractivity contribution in [3.05, 3.63) is 29.8 Å². The van der Waals surface area contributed by atoms with Gasteiger partial charge in [0.1, 0.15) is 11.6 Å². The average molecular weight is 367 g/mol. The Morgan fingerprint density at radius 1 is 1.44 bits per heavy atom. The Morgan fingerprint density at radius 3 is 2.61 bits per heavy atom. The zero-order valence-corrected chi connectivity index (χ0v) is 12.5. The van der Waals surface area contributed by atoms with E-state index in [0.29, 0.717) is 0 Å². The number of hydrogen-bond donors (Lipinski definition) is 2. The van der Waals surface area contributed by atoms with Crippen LogP contribution < -0.4 is 11.1 Å². The Bertz CT molecular complexity index is 474. The molecule has 1 aliphatic carbocycles. The summed E-state index contributed by atoms with van der Waals surface area (Å²) < 4.78 is 26.2. The zero-order chi connectivity index (χ0) is 12.6. The lowest BCUT2D eigenvalue weighted by Gasteiger charge is -2.07. The zero-order valence-electron chi connectivity index (χ0n) is 10.2. The van der Waals surface area contributed by atoms with Gasteiger partial charge in [0.15, 0.2) is 5.96 Å². The highest BCUT2D eigenvalue weighted by molar-refractivity contribution is 14.0. The van der Waals surface area contributed by atoms with Gasteiger partial charge in [-0.05, 0) is 24.0 Å². The fourth-order valence-corrected chi connectivity index (χ4v) is 1.59. The summed E-state index contributed by atoms with van der Waals surface area (Å²) in [6.45, 7) is 4.16. The van der Waals surface area contributed by atoms with Gasteiger partial charge in [-0.2, -0.15) is 0 Å². The second kappa shape index (κ2) is 5.38. The van der Waals surface area contributed by atoms with Crippen molar-refractivity contribution >= 4 is 35.6 Å². The number of benzene rings is 1. The van der Waals surface area contributed by atoms with E-state index < -0.39 is 11.6 Å². The highest BCUT2D eigenvalue weighted by atomic mass is 127. The maximum Gasteiger partial charge on any atom is 0.193 e. The lowest BCUT2D eigenvalue weighted by molar-refractivity contribution is 0.603. The lowest BCUT2D eigenvalue weighted by Crippen LogP contribution is -2.24.